The van der Waals surface area contributed by atoms with E-state index in [1.54, 1.807) is 24.3 Å². The van der Waals surface area contributed by atoms with Crippen molar-refractivity contribution in [1.82, 2.24) is 0 Å². The van der Waals surface area contributed by atoms with E-state index in [9.17, 15) is 19.2 Å². The molecule has 3 amide bonds. The summed E-state index contributed by atoms with van der Waals surface area (Å²) in [6, 6.07) is 12.7. The van der Waals surface area contributed by atoms with Crippen LogP contribution < -0.4 is 15.0 Å². The quantitative estimate of drug-likeness (QED) is 0.366. The molecule has 2 fully saturated rings. The molecular formula is C24H22Cl2N2O6. The van der Waals surface area contributed by atoms with Crippen molar-refractivity contribution in [3.05, 3.63) is 54.1 Å². The molecule has 1 N–H and O–H groups in total. The van der Waals surface area contributed by atoms with Crippen LogP contribution in [0.2, 0.25) is 0 Å². The minimum atomic E-state index is -0.718. The van der Waals surface area contributed by atoms with E-state index in [4.69, 9.17) is 32.7 Å². The highest BCUT2D eigenvalue weighted by molar-refractivity contribution is 6.31. The third kappa shape index (κ3) is 4.74. The number of nitrogens with one attached hydrogen (secondary N) is 1. The van der Waals surface area contributed by atoms with E-state index in [-0.39, 0.29) is 28.1 Å². The summed E-state index contributed by atoms with van der Waals surface area (Å²) in [4.78, 5) is 51.3. The number of anilines is 2. The van der Waals surface area contributed by atoms with Crippen molar-refractivity contribution in [1.29, 1.82) is 0 Å². The minimum absolute atomic E-state index is 0.173. The normalized spacial score (nSPS) is 23.9. The van der Waals surface area contributed by atoms with Crippen LogP contribution in [0.5, 0.6) is 5.75 Å². The van der Waals surface area contributed by atoms with E-state index >= 15 is 0 Å². The monoisotopic (exact) mass is 504 g/mol. The Bertz CT molecular complexity index is 1090. The fraction of sp³-hybridized carbons (Fsp3) is 0.333. The Kier molecular flexibility index (Phi) is 7.09. The highest BCUT2D eigenvalue weighted by Crippen LogP contribution is 2.43. The maximum Gasteiger partial charge on any atom is 0.338 e. The molecule has 1 heterocycles. The average molecular weight is 505 g/mol. The second-order valence-electron chi connectivity index (χ2n) is 8.10. The van der Waals surface area contributed by atoms with Gasteiger partial charge in [-0.05, 0) is 49.2 Å². The van der Waals surface area contributed by atoms with Crippen LogP contribution in [0.4, 0.5) is 11.4 Å². The number of esters is 1. The predicted molar refractivity (Wildman–Crippen MR) is 126 cm³/mol. The molecule has 34 heavy (non-hydrogen) atoms. The predicted octanol–water partition coefficient (Wildman–Crippen LogP) is 3.60. The van der Waals surface area contributed by atoms with Gasteiger partial charge in [0.2, 0.25) is 11.8 Å². The van der Waals surface area contributed by atoms with E-state index in [2.05, 4.69) is 5.32 Å². The zero-order valence-corrected chi connectivity index (χ0v) is 19.7. The highest BCUT2D eigenvalue weighted by Gasteiger charge is 2.52. The number of amides is 3. The summed E-state index contributed by atoms with van der Waals surface area (Å²) in [7, 11) is 1.48. The van der Waals surface area contributed by atoms with Crippen molar-refractivity contribution in [2.24, 2.45) is 11.8 Å². The molecule has 1 aliphatic carbocycles. The number of imide groups is 1. The van der Waals surface area contributed by atoms with Crippen LogP contribution in [0.25, 0.3) is 0 Å². The highest BCUT2D eigenvalue weighted by atomic mass is 35.5. The van der Waals surface area contributed by atoms with Gasteiger partial charge in [-0.15, -0.1) is 23.2 Å². The first-order chi connectivity index (χ1) is 16.3. The number of ether oxygens (including phenoxy) is 2. The molecule has 0 spiro atoms. The lowest BCUT2D eigenvalue weighted by molar-refractivity contribution is -0.122. The smallest absolute Gasteiger partial charge is 0.338 e. The van der Waals surface area contributed by atoms with Crippen molar-refractivity contribution in [3.63, 3.8) is 0 Å². The van der Waals surface area contributed by atoms with Crippen LogP contribution in [0.1, 0.15) is 23.2 Å². The fourth-order valence-corrected chi connectivity index (χ4v) is 4.83. The van der Waals surface area contributed by atoms with Crippen LogP contribution in [-0.4, -0.2) is 48.2 Å². The van der Waals surface area contributed by atoms with Gasteiger partial charge in [-0.2, -0.15) is 0 Å². The molecule has 1 saturated heterocycles. The largest absolute Gasteiger partial charge is 0.495 e. The number of nitrogens with zero attached hydrogens (tertiary/aromatic N) is 1. The molecule has 0 radical (unpaired) electrons. The summed E-state index contributed by atoms with van der Waals surface area (Å²) in [6.45, 7) is -0.496. The molecule has 2 aliphatic rings. The van der Waals surface area contributed by atoms with E-state index in [1.165, 1.54) is 31.4 Å². The van der Waals surface area contributed by atoms with Gasteiger partial charge in [0.1, 0.15) is 5.75 Å². The molecule has 8 nitrogen and oxygen atoms in total. The number of hydrogen-bond donors (Lipinski definition) is 1. The van der Waals surface area contributed by atoms with Gasteiger partial charge >= 0.3 is 5.97 Å². The lowest BCUT2D eigenvalue weighted by atomic mass is 9.80. The summed E-state index contributed by atoms with van der Waals surface area (Å²) in [5.74, 6) is -2.37. The molecule has 1 saturated carbocycles. The first-order valence-corrected chi connectivity index (χ1v) is 11.5. The Morgan fingerprint density at radius 3 is 2.15 bits per heavy atom. The Morgan fingerprint density at radius 1 is 0.971 bits per heavy atom. The van der Waals surface area contributed by atoms with E-state index in [1.807, 2.05) is 0 Å². The number of alkyl halides is 2. The molecule has 4 atom stereocenters. The zero-order chi connectivity index (χ0) is 24.4. The number of halogens is 2. The Labute approximate surface area is 206 Å². The fourth-order valence-electron chi connectivity index (χ4n) is 4.24. The third-order valence-electron chi connectivity index (χ3n) is 5.99. The molecule has 10 heteroatoms. The SMILES string of the molecule is COc1ccccc1NC(=O)COC(=O)c1ccc(N2C(=O)[C@@H]3C[C@@H](Cl)[C@@H](Cl)C[C@H]3C2=O)cc1. The van der Waals surface area contributed by atoms with Crippen molar-refractivity contribution in [2.45, 2.75) is 23.6 Å². The van der Waals surface area contributed by atoms with Crippen molar-refractivity contribution < 1.29 is 28.7 Å². The number of carbonyl (C=O) groups excluding carboxylic acids is 4. The molecule has 0 unspecified atom stereocenters. The lowest BCUT2D eigenvalue weighted by Gasteiger charge is -2.28. The van der Waals surface area contributed by atoms with Gasteiger partial charge in [0.15, 0.2) is 6.61 Å². The molecule has 178 valence electrons. The molecule has 4 rings (SSSR count). The number of methoxy groups -OCH3 is 1. The van der Waals surface area contributed by atoms with Gasteiger partial charge in [-0.3, -0.25) is 19.3 Å². The van der Waals surface area contributed by atoms with Gasteiger partial charge < -0.3 is 14.8 Å². The summed E-state index contributed by atoms with van der Waals surface area (Å²) in [5.41, 5.74) is 0.982. The van der Waals surface area contributed by atoms with Gasteiger partial charge in [-0.1, -0.05) is 12.1 Å². The van der Waals surface area contributed by atoms with E-state index in [0.717, 1.165) is 4.90 Å². The average Bonchev–Trinajstić information content (AvgIpc) is 3.07. The molecule has 1 aliphatic heterocycles. The number of hydrogen-bond acceptors (Lipinski definition) is 6. The van der Waals surface area contributed by atoms with E-state index < -0.39 is 30.3 Å². The minimum Gasteiger partial charge on any atom is -0.495 e. The number of para-hydroxylation sites is 2. The zero-order valence-electron chi connectivity index (χ0n) is 18.2. The van der Waals surface area contributed by atoms with Gasteiger partial charge in [-0.25, -0.2) is 4.79 Å². The number of rotatable bonds is 6. The maximum absolute atomic E-state index is 12.9. The third-order valence-corrected chi connectivity index (χ3v) is 7.08. The van der Waals surface area contributed by atoms with Crippen molar-refractivity contribution >= 4 is 58.3 Å². The second kappa shape index (κ2) is 10.0. The molecule has 0 aromatic heterocycles. The van der Waals surface area contributed by atoms with Crippen molar-refractivity contribution in [2.75, 3.05) is 23.9 Å². The van der Waals surface area contributed by atoms with Crippen LogP contribution in [0.15, 0.2) is 48.5 Å². The van der Waals surface area contributed by atoms with Crippen LogP contribution in [0.3, 0.4) is 0 Å². The van der Waals surface area contributed by atoms with Gasteiger partial charge in [0.05, 0.1) is 46.6 Å². The van der Waals surface area contributed by atoms with Crippen LogP contribution in [0, 0.1) is 11.8 Å². The topological polar surface area (TPSA) is 102 Å². The first kappa shape index (κ1) is 24.0. The molecule has 2 aromatic rings. The lowest BCUT2D eigenvalue weighted by Crippen LogP contribution is -2.34. The van der Waals surface area contributed by atoms with Gasteiger partial charge in [0.25, 0.3) is 5.91 Å². The Hall–Kier alpha value is -3.10. The van der Waals surface area contributed by atoms with Gasteiger partial charge in [0, 0.05) is 0 Å². The molecule has 2 aromatic carbocycles. The first-order valence-electron chi connectivity index (χ1n) is 10.7. The van der Waals surface area contributed by atoms with Crippen LogP contribution >= 0.6 is 23.2 Å². The molecular weight excluding hydrogens is 483 g/mol. The summed E-state index contributed by atoms with van der Waals surface area (Å²) in [5, 5.41) is 1.89. The summed E-state index contributed by atoms with van der Waals surface area (Å²) < 4.78 is 10.2. The van der Waals surface area contributed by atoms with E-state index in [0.29, 0.717) is 30.0 Å². The molecule has 0 bridgehead atoms. The summed E-state index contributed by atoms with van der Waals surface area (Å²) >= 11 is 12.4. The Balaban J connectivity index is 1.37. The number of benzene rings is 2. The summed E-state index contributed by atoms with van der Waals surface area (Å²) in [6.07, 6.45) is 0.700. The standard InChI is InChI=1S/C24H22Cl2N2O6/c1-33-20-5-3-2-4-19(20)27-21(29)12-34-24(32)13-6-8-14(9-7-13)28-22(30)15-10-17(25)18(26)11-16(15)23(28)31/h2-9,15-18H,10-12H2,1H3,(H,27,29)/t15-,16-,17-,18+/m1/s1. The second-order valence-corrected chi connectivity index (χ2v) is 9.22. The number of carbonyl (C=O) groups is 4. The number of fused-ring (bicyclic) bond motifs is 1. The van der Waals surface area contributed by atoms with Crippen molar-refractivity contribution in [3.8, 4) is 5.75 Å². The Morgan fingerprint density at radius 2 is 1.56 bits per heavy atom. The van der Waals surface area contributed by atoms with Crippen LogP contribution in [-0.2, 0) is 19.1 Å². The maximum atomic E-state index is 12.9.